The summed E-state index contributed by atoms with van der Waals surface area (Å²) in [5, 5.41) is 0. The molecule has 0 aromatic carbocycles. The summed E-state index contributed by atoms with van der Waals surface area (Å²) in [6.45, 7) is 2.36. The average Bonchev–Trinajstić information content (AvgIpc) is 1.91. The van der Waals surface area contributed by atoms with Gasteiger partial charge < -0.3 is 0 Å². The molecule has 1 fully saturated rings. The Bertz CT molecular complexity index is 53.2. The van der Waals surface area contributed by atoms with Crippen LogP contribution >= 0.6 is 0 Å². The lowest BCUT2D eigenvalue weighted by Crippen LogP contribution is -1.93. The summed E-state index contributed by atoms with van der Waals surface area (Å²) in [7, 11) is 2.36. The smallest absolute Gasteiger partial charge is 0.0672 e. The predicted octanol–water partition coefficient (Wildman–Crippen LogP) is 1.23. The fourth-order valence-electron chi connectivity index (χ4n) is 1.33. The molecular weight excluding hydrogens is 82.9 g/mol. The topological polar surface area (TPSA) is 0 Å². The summed E-state index contributed by atoms with van der Waals surface area (Å²) in [5.41, 5.74) is 0. The summed E-state index contributed by atoms with van der Waals surface area (Å²) < 4.78 is 0. The van der Waals surface area contributed by atoms with Crippen molar-refractivity contribution in [2.75, 3.05) is 0 Å². The van der Waals surface area contributed by atoms with Gasteiger partial charge in [0.1, 0.15) is 7.85 Å². The Hall–Kier alpha value is 0.0649. The monoisotopic (exact) mass is 96.1 g/mol. The van der Waals surface area contributed by atoms with Gasteiger partial charge in [0, 0.05) is 0 Å². The van der Waals surface area contributed by atoms with Crippen molar-refractivity contribution in [1.29, 1.82) is 0 Å². The first kappa shape index (κ1) is 5.21. The lowest BCUT2D eigenvalue weighted by Gasteiger charge is -2.04. The second-order valence-electron chi connectivity index (χ2n) is 2.89. The molecule has 0 N–H and O–H groups in total. The van der Waals surface area contributed by atoms with Gasteiger partial charge in [0.15, 0.2) is 0 Å². The molecule has 0 saturated heterocycles. The second kappa shape index (κ2) is 1.89. The van der Waals surface area contributed by atoms with E-state index in [-0.39, 0.29) is 0 Å². The molecule has 0 spiro atoms. The minimum Gasteiger partial charge on any atom is -0.0672 e. The minimum atomic E-state index is 1.01. The highest BCUT2D eigenvalue weighted by atomic mass is 14.2. The van der Waals surface area contributed by atoms with Crippen LogP contribution in [-0.2, 0) is 0 Å². The third-order valence-electron chi connectivity index (χ3n) is 2.29. The quantitative estimate of drug-likeness (QED) is 0.398. The van der Waals surface area contributed by atoms with Gasteiger partial charge in [0.25, 0.3) is 0 Å². The summed E-state index contributed by atoms with van der Waals surface area (Å²) in [4.78, 5) is 0. The Morgan fingerprint density at radius 3 is 2.29 bits per heavy atom. The molecule has 0 aliphatic heterocycles. The molecule has 1 aliphatic rings. The molecule has 0 aromatic heterocycles. The normalized spacial score (nSPS) is 41.9. The van der Waals surface area contributed by atoms with Crippen LogP contribution in [-0.4, -0.2) is 7.85 Å². The van der Waals surface area contributed by atoms with E-state index >= 15 is 0 Å². The van der Waals surface area contributed by atoms with Crippen LogP contribution < -0.4 is 0 Å². The van der Waals surface area contributed by atoms with E-state index in [1.54, 1.807) is 0 Å². The van der Waals surface area contributed by atoms with Crippen molar-refractivity contribution in [3.05, 3.63) is 0 Å². The van der Waals surface area contributed by atoms with Gasteiger partial charge in [0.05, 0.1) is 0 Å². The van der Waals surface area contributed by atoms with E-state index in [0.717, 1.165) is 11.7 Å². The van der Waals surface area contributed by atoms with E-state index in [4.69, 9.17) is 0 Å². The molecule has 0 unspecified atom stereocenters. The highest BCUT2D eigenvalue weighted by Gasteiger charge is 2.17. The summed E-state index contributed by atoms with van der Waals surface area (Å²) in [5.74, 6) is 2.03. The molecule has 1 saturated carbocycles. The third kappa shape index (κ3) is 0.989. The molecule has 2 atom stereocenters. The van der Waals surface area contributed by atoms with E-state index < -0.39 is 0 Å². The highest BCUT2D eigenvalue weighted by Crippen LogP contribution is 2.32. The second-order valence-corrected chi connectivity index (χ2v) is 2.89. The average molecular weight is 96.0 g/mol. The zero-order valence-electron chi connectivity index (χ0n) is 5.28. The lowest BCUT2D eigenvalue weighted by molar-refractivity contribution is 0.611. The van der Waals surface area contributed by atoms with Crippen LogP contribution in [0, 0.1) is 5.92 Å². The fourth-order valence-corrected chi connectivity index (χ4v) is 1.33. The Labute approximate surface area is 46.7 Å². The molecule has 1 aliphatic carbocycles. The number of hydrogen-bond donors (Lipinski definition) is 0. The highest BCUT2D eigenvalue weighted by molar-refractivity contribution is 6.11. The molecule has 0 bridgehead atoms. The van der Waals surface area contributed by atoms with Crippen molar-refractivity contribution in [2.24, 2.45) is 5.92 Å². The largest absolute Gasteiger partial charge is 0.105 e. The maximum absolute atomic E-state index is 2.36. The van der Waals surface area contributed by atoms with E-state index in [1.165, 1.54) is 19.3 Å². The van der Waals surface area contributed by atoms with Gasteiger partial charge in [-0.05, 0) is 5.92 Å². The lowest BCUT2D eigenvalue weighted by atomic mass is 9.80. The van der Waals surface area contributed by atoms with Crippen molar-refractivity contribution in [1.82, 2.24) is 0 Å². The SMILES string of the molecule is B[C@H]1CCC[C@@H]1C. The van der Waals surface area contributed by atoms with Crippen LogP contribution in [0.5, 0.6) is 0 Å². The van der Waals surface area contributed by atoms with Crippen molar-refractivity contribution in [2.45, 2.75) is 32.0 Å². The minimum absolute atomic E-state index is 1.01. The van der Waals surface area contributed by atoms with Crippen LogP contribution in [0.25, 0.3) is 0 Å². The Balaban J connectivity index is 2.33. The summed E-state index contributed by atoms with van der Waals surface area (Å²) >= 11 is 0. The van der Waals surface area contributed by atoms with Crippen molar-refractivity contribution in [3.8, 4) is 0 Å². The van der Waals surface area contributed by atoms with E-state index in [0.29, 0.717) is 0 Å². The predicted molar refractivity (Wildman–Crippen MR) is 35.3 cm³/mol. The molecule has 40 valence electrons. The molecular formula is C6H13B. The first-order valence-electron chi connectivity index (χ1n) is 3.30. The van der Waals surface area contributed by atoms with Crippen LogP contribution in [0.4, 0.5) is 0 Å². The van der Waals surface area contributed by atoms with Crippen LogP contribution in [0.1, 0.15) is 26.2 Å². The molecule has 7 heavy (non-hydrogen) atoms. The maximum Gasteiger partial charge on any atom is 0.105 e. The third-order valence-corrected chi connectivity index (χ3v) is 2.29. The Morgan fingerprint density at radius 2 is 2.14 bits per heavy atom. The van der Waals surface area contributed by atoms with Crippen LogP contribution in [0.3, 0.4) is 0 Å². The maximum atomic E-state index is 2.36. The van der Waals surface area contributed by atoms with E-state index in [2.05, 4.69) is 14.8 Å². The zero-order valence-corrected chi connectivity index (χ0v) is 5.28. The first-order chi connectivity index (χ1) is 3.30. The van der Waals surface area contributed by atoms with Crippen LogP contribution in [0.2, 0.25) is 5.82 Å². The molecule has 0 amide bonds. The van der Waals surface area contributed by atoms with Gasteiger partial charge in [-0.15, -0.1) is 0 Å². The molecule has 0 nitrogen and oxygen atoms in total. The number of hydrogen-bond acceptors (Lipinski definition) is 0. The van der Waals surface area contributed by atoms with E-state index in [9.17, 15) is 0 Å². The number of rotatable bonds is 0. The van der Waals surface area contributed by atoms with Gasteiger partial charge in [0.2, 0.25) is 0 Å². The fraction of sp³-hybridized carbons (Fsp3) is 1.00. The van der Waals surface area contributed by atoms with Crippen molar-refractivity contribution in [3.63, 3.8) is 0 Å². The van der Waals surface area contributed by atoms with Gasteiger partial charge in [-0.3, -0.25) is 0 Å². The first-order valence-corrected chi connectivity index (χ1v) is 3.30. The molecule has 1 rings (SSSR count). The van der Waals surface area contributed by atoms with Gasteiger partial charge >= 0.3 is 0 Å². The molecule has 0 radical (unpaired) electrons. The Kier molecular flexibility index (Phi) is 1.41. The zero-order chi connectivity index (χ0) is 5.28. The van der Waals surface area contributed by atoms with Gasteiger partial charge in [-0.1, -0.05) is 32.0 Å². The Morgan fingerprint density at radius 1 is 1.43 bits per heavy atom. The van der Waals surface area contributed by atoms with E-state index in [1.807, 2.05) is 0 Å². The molecule has 0 aromatic rings. The van der Waals surface area contributed by atoms with Gasteiger partial charge in [-0.25, -0.2) is 0 Å². The molecule has 1 heteroatoms. The van der Waals surface area contributed by atoms with Crippen LogP contribution in [0.15, 0.2) is 0 Å². The standard InChI is InChI=1S/C6H13B/c1-5-3-2-4-6(5)7/h5-6H,2-4,7H2,1H3/t5-,6-/m0/s1. The summed E-state index contributed by atoms with van der Waals surface area (Å²) in [6, 6.07) is 0. The van der Waals surface area contributed by atoms with Crippen molar-refractivity contribution >= 4 is 7.85 Å². The summed E-state index contributed by atoms with van der Waals surface area (Å²) in [6.07, 6.45) is 4.42. The van der Waals surface area contributed by atoms with Crippen molar-refractivity contribution < 1.29 is 0 Å². The molecule has 0 heterocycles. The van der Waals surface area contributed by atoms with Gasteiger partial charge in [-0.2, -0.15) is 0 Å².